The molecule has 12 heteroatoms. The molecule has 1 amide bonds. The van der Waals surface area contributed by atoms with Crippen molar-refractivity contribution in [1.29, 1.82) is 0 Å². The Morgan fingerprint density at radius 1 is 1.02 bits per heavy atom. The first kappa shape index (κ1) is 26.5. The number of fused-ring (bicyclic) bond motifs is 3. The van der Waals surface area contributed by atoms with E-state index in [0.29, 0.717) is 22.1 Å². The number of ether oxygens (including phenoxy) is 1. The second-order valence-corrected chi connectivity index (χ2v) is 10.2. The van der Waals surface area contributed by atoms with Crippen molar-refractivity contribution in [3.05, 3.63) is 90.0 Å². The molecule has 5 aromatic rings. The van der Waals surface area contributed by atoms with Crippen LogP contribution in [0.1, 0.15) is 16.8 Å². The Bertz CT molecular complexity index is 1840. The van der Waals surface area contributed by atoms with Gasteiger partial charge in [0, 0.05) is 17.3 Å². The van der Waals surface area contributed by atoms with E-state index in [4.69, 9.17) is 4.99 Å². The van der Waals surface area contributed by atoms with E-state index in [2.05, 4.69) is 19.8 Å². The van der Waals surface area contributed by atoms with Gasteiger partial charge in [0.25, 0.3) is 5.91 Å². The Morgan fingerprint density at radius 3 is 2.51 bits per heavy atom. The fourth-order valence-corrected chi connectivity index (χ4v) is 5.35. The van der Waals surface area contributed by atoms with Gasteiger partial charge in [-0.15, -0.1) is 13.2 Å². The Balaban J connectivity index is 1.27. The molecule has 3 heterocycles. The molecule has 0 spiro atoms. The topological polar surface area (TPSA) is 85.0 Å². The number of hydrogen-bond donors (Lipinski definition) is 0. The van der Waals surface area contributed by atoms with Gasteiger partial charge < -0.3 is 4.74 Å². The van der Waals surface area contributed by atoms with Crippen LogP contribution in [-0.2, 0) is 4.79 Å². The van der Waals surface area contributed by atoms with Gasteiger partial charge in [-0.2, -0.15) is 10.1 Å². The van der Waals surface area contributed by atoms with E-state index in [1.54, 1.807) is 17.1 Å². The van der Waals surface area contributed by atoms with E-state index in [9.17, 15) is 18.0 Å². The van der Waals surface area contributed by atoms with Gasteiger partial charge in [0.1, 0.15) is 12.1 Å². The number of amidine groups is 1. The second-order valence-electron chi connectivity index (χ2n) is 9.29. The number of thioether (sulfide) groups is 1. The van der Waals surface area contributed by atoms with Gasteiger partial charge in [0.15, 0.2) is 5.17 Å². The number of carbonyl (C=O) groups excluding carboxylic acids is 1. The summed E-state index contributed by atoms with van der Waals surface area (Å²) in [5.74, 6) is -0.208. The van der Waals surface area contributed by atoms with Crippen molar-refractivity contribution in [2.45, 2.75) is 20.2 Å². The lowest BCUT2D eigenvalue weighted by atomic mass is 10.1. The first-order valence-corrected chi connectivity index (χ1v) is 13.4. The zero-order valence-electron chi connectivity index (χ0n) is 21.8. The third-order valence-electron chi connectivity index (χ3n) is 6.48. The van der Waals surface area contributed by atoms with Crippen LogP contribution in [0, 0.1) is 13.8 Å². The lowest BCUT2D eigenvalue weighted by Gasteiger charge is -2.11. The number of rotatable bonds is 5. The number of aryl methyl sites for hydroxylation is 2. The molecule has 2 aromatic heterocycles. The SMILES string of the molecule is Cc1cccc(C)c1N=C1SCC(=O)N1/N=C/c1cc2ccc3c(ncn3-c3ccc(OC(F)(F)F)cc3)c2cn1. The summed E-state index contributed by atoms with van der Waals surface area (Å²) in [6, 6.07) is 17.1. The number of amides is 1. The van der Waals surface area contributed by atoms with Crippen molar-refractivity contribution < 1.29 is 22.7 Å². The van der Waals surface area contributed by atoms with Gasteiger partial charge in [-0.25, -0.2) is 9.98 Å². The number of para-hydroxylation sites is 1. The number of imidazole rings is 1. The summed E-state index contributed by atoms with van der Waals surface area (Å²) in [5, 5.41) is 7.86. The third kappa shape index (κ3) is 5.38. The molecule has 0 aliphatic carbocycles. The van der Waals surface area contributed by atoms with Crippen molar-refractivity contribution in [3.8, 4) is 11.4 Å². The fraction of sp³-hybridized carbons (Fsp3) is 0.138. The van der Waals surface area contributed by atoms with Crippen molar-refractivity contribution in [2.24, 2.45) is 10.1 Å². The Kier molecular flexibility index (Phi) is 6.70. The number of benzene rings is 3. The van der Waals surface area contributed by atoms with Gasteiger partial charge >= 0.3 is 6.36 Å². The minimum Gasteiger partial charge on any atom is -0.406 e. The maximum Gasteiger partial charge on any atom is 0.573 e. The standard InChI is InChI=1S/C29H21F3N6O2S/c1-17-4-3-5-18(2)26(17)36-28-38(25(39)15-41-28)35-13-20-12-19-6-11-24-27(23(19)14-33-20)34-16-37(24)21-7-9-22(10-8-21)40-29(30,31)32/h3-14,16H,15H2,1-2H3/b35-13+,36-28?. The molecule has 0 saturated carbocycles. The third-order valence-corrected chi connectivity index (χ3v) is 7.39. The molecule has 1 fully saturated rings. The molecule has 1 aliphatic heterocycles. The highest BCUT2D eigenvalue weighted by molar-refractivity contribution is 8.15. The molecule has 8 nitrogen and oxygen atoms in total. The molecule has 206 valence electrons. The Labute approximate surface area is 236 Å². The zero-order chi connectivity index (χ0) is 28.7. The predicted octanol–water partition coefficient (Wildman–Crippen LogP) is 6.69. The number of nitrogens with zero attached hydrogens (tertiary/aromatic N) is 6. The summed E-state index contributed by atoms with van der Waals surface area (Å²) < 4.78 is 43.2. The number of halogens is 3. The highest BCUT2D eigenvalue weighted by Gasteiger charge is 2.31. The van der Waals surface area contributed by atoms with Gasteiger partial charge in [-0.1, -0.05) is 36.0 Å². The van der Waals surface area contributed by atoms with Crippen LogP contribution in [0.15, 0.2) is 83.3 Å². The molecule has 1 aliphatic rings. The molecular formula is C29H21F3N6O2S. The van der Waals surface area contributed by atoms with Crippen molar-refractivity contribution in [3.63, 3.8) is 0 Å². The zero-order valence-corrected chi connectivity index (χ0v) is 22.6. The summed E-state index contributed by atoms with van der Waals surface area (Å²) in [6.07, 6.45) is 0.0599. The van der Waals surface area contributed by atoms with Gasteiger partial charge in [-0.05, 0) is 66.8 Å². The molecule has 0 atom stereocenters. The van der Waals surface area contributed by atoms with Crippen LogP contribution in [0.3, 0.4) is 0 Å². The normalized spacial score (nSPS) is 15.2. The number of alkyl halides is 3. The van der Waals surface area contributed by atoms with Gasteiger partial charge in [0.05, 0.1) is 34.4 Å². The predicted molar refractivity (Wildman–Crippen MR) is 153 cm³/mol. The summed E-state index contributed by atoms with van der Waals surface area (Å²) in [5.41, 5.74) is 5.47. The highest BCUT2D eigenvalue weighted by Crippen LogP contribution is 2.30. The summed E-state index contributed by atoms with van der Waals surface area (Å²) in [6.45, 7) is 3.95. The van der Waals surface area contributed by atoms with Crippen LogP contribution in [0.25, 0.3) is 27.5 Å². The lowest BCUT2D eigenvalue weighted by Crippen LogP contribution is -2.24. The molecule has 3 aromatic carbocycles. The van der Waals surface area contributed by atoms with Crippen LogP contribution < -0.4 is 4.74 Å². The largest absolute Gasteiger partial charge is 0.573 e. The molecule has 0 N–H and O–H groups in total. The van der Waals surface area contributed by atoms with Crippen LogP contribution in [0.5, 0.6) is 5.75 Å². The second kappa shape index (κ2) is 10.4. The monoisotopic (exact) mass is 574 g/mol. The Hall–Kier alpha value is -4.71. The smallest absolute Gasteiger partial charge is 0.406 e. The van der Waals surface area contributed by atoms with Crippen LogP contribution in [0.4, 0.5) is 18.9 Å². The average molecular weight is 575 g/mol. The van der Waals surface area contributed by atoms with Crippen molar-refractivity contribution in [1.82, 2.24) is 19.5 Å². The van der Waals surface area contributed by atoms with E-state index in [1.807, 2.05) is 50.2 Å². The van der Waals surface area contributed by atoms with Crippen LogP contribution in [-0.4, -0.2) is 48.9 Å². The van der Waals surface area contributed by atoms with Crippen LogP contribution >= 0.6 is 11.8 Å². The fourth-order valence-electron chi connectivity index (χ4n) is 4.55. The van der Waals surface area contributed by atoms with Gasteiger partial charge in [0.2, 0.25) is 0 Å². The minimum atomic E-state index is -4.75. The maximum absolute atomic E-state index is 12.5. The number of pyridine rings is 1. The molecule has 41 heavy (non-hydrogen) atoms. The number of carbonyl (C=O) groups is 1. The summed E-state index contributed by atoms with van der Waals surface area (Å²) in [7, 11) is 0. The van der Waals surface area contributed by atoms with E-state index in [1.165, 1.54) is 47.3 Å². The number of hydrogen-bond acceptors (Lipinski definition) is 7. The van der Waals surface area contributed by atoms with Gasteiger partial charge in [-0.3, -0.25) is 14.3 Å². The van der Waals surface area contributed by atoms with E-state index >= 15 is 0 Å². The Morgan fingerprint density at radius 2 is 1.78 bits per heavy atom. The summed E-state index contributed by atoms with van der Waals surface area (Å²) >= 11 is 1.34. The summed E-state index contributed by atoms with van der Waals surface area (Å²) in [4.78, 5) is 26.3. The first-order chi connectivity index (χ1) is 19.7. The lowest BCUT2D eigenvalue weighted by molar-refractivity contribution is -0.274. The minimum absolute atomic E-state index is 0.165. The molecule has 0 radical (unpaired) electrons. The maximum atomic E-state index is 12.5. The number of aromatic nitrogens is 3. The first-order valence-electron chi connectivity index (χ1n) is 12.4. The van der Waals surface area contributed by atoms with Crippen LogP contribution in [0.2, 0.25) is 0 Å². The van der Waals surface area contributed by atoms with E-state index < -0.39 is 6.36 Å². The average Bonchev–Trinajstić information content (AvgIpc) is 3.52. The molecule has 6 rings (SSSR count). The molecular weight excluding hydrogens is 553 g/mol. The van der Waals surface area contributed by atoms with E-state index in [0.717, 1.165) is 33.1 Å². The molecule has 0 bridgehead atoms. The number of aliphatic imine (C=N–C) groups is 1. The molecule has 1 saturated heterocycles. The van der Waals surface area contributed by atoms with Crippen molar-refractivity contribution >= 4 is 56.5 Å². The van der Waals surface area contributed by atoms with Crippen molar-refractivity contribution in [2.75, 3.05) is 5.75 Å². The molecule has 0 unspecified atom stereocenters. The van der Waals surface area contributed by atoms with E-state index in [-0.39, 0.29) is 17.4 Å². The number of hydrazone groups is 1. The highest BCUT2D eigenvalue weighted by atomic mass is 32.2. The quantitative estimate of drug-likeness (QED) is 0.219.